The minimum Gasteiger partial charge on any atom is -0.352 e. The number of nitrogens with two attached hydrogens (primary N) is 1. The normalized spacial score (nSPS) is 20.3. The van der Waals surface area contributed by atoms with Crippen molar-refractivity contribution in [2.24, 2.45) is 5.73 Å². The van der Waals surface area contributed by atoms with Crippen LogP contribution in [0.15, 0.2) is 28.7 Å². The van der Waals surface area contributed by atoms with E-state index < -0.39 is 5.54 Å². The number of carbonyl (C=O) groups is 2. The zero-order chi connectivity index (χ0) is 17.7. The van der Waals surface area contributed by atoms with Gasteiger partial charge in [-0.25, -0.2) is 0 Å². The summed E-state index contributed by atoms with van der Waals surface area (Å²) in [7, 11) is 0. The van der Waals surface area contributed by atoms with Crippen LogP contribution in [0.3, 0.4) is 0 Å². The van der Waals surface area contributed by atoms with Crippen LogP contribution in [-0.4, -0.2) is 35.8 Å². The fourth-order valence-corrected chi connectivity index (χ4v) is 3.32. The molecule has 0 radical (unpaired) electrons. The van der Waals surface area contributed by atoms with Crippen LogP contribution in [0.1, 0.15) is 45.1 Å². The van der Waals surface area contributed by atoms with Crippen LogP contribution in [-0.2, 0) is 15.1 Å². The van der Waals surface area contributed by atoms with Gasteiger partial charge in [0.15, 0.2) is 0 Å². The Morgan fingerprint density at radius 3 is 2.67 bits per heavy atom. The lowest BCUT2D eigenvalue weighted by Gasteiger charge is -2.38. The standard InChI is InChI=1S/C18H26BrN3O2/c1-3-5-16(23)21-15-6-4-11-22(12-15)17(24)18(2,20)13-7-9-14(19)10-8-13/h7-10,15H,3-6,11-12,20H2,1-2H3,(H,21,23). The fourth-order valence-electron chi connectivity index (χ4n) is 3.05. The Kier molecular flexibility index (Phi) is 6.40. The molecule has 3 N–H and O–H groups in total. The maximum Gasteiger partial charge on any atom is 0.247 e. The molecule has 1 saturated heterocycles. The molecule has 24 heavy (non-hydrogen) atoms. The number of amides is 2. The number of piperidine rings is 1. The number of hydrogen-bond donors (Lipinski definition) is 2. The summed E-state index contributed by atoms with van der Waals surface area (Å²) in [5.41, 5.74) is 6.07. The van der Waals surface area contributed by atoms with Gasteiger partial charge >= 0.3 is 0 Å². The van der Waals surface area contributed by atoms with Crippen LogP contribution in [0.25, 0.3) is 0 Å². The van der Waals surface area contributed by atoms with E-state index in [9.17, 15) is 9.59 Å². The van der Waals surface area contributed by atoms with E-state index in [1.54, 1.807) is 11.8 Å². The Bertz CT molecular complexity index is 586. The van der Waals surface area contributed by atoms with Gasteiger partial charge in [-0.15, -0.1) is 0 Å². The molecule has 0 spiro atoms. The quantitative estimate of drug-likeness (QED) is 0.803. The minimum atomic E-state index is -1.07. The molecule has 0 bridgehead atoms. The molecule has 1 aliphatic heterocycles. The molecular weight excluding hydrogens is 370 g/mol. The summed E-state index contributed by atoms with van der Waals surface area (Å²) in [5.74, 6) is -0.0421. The van der Waals surface area contributed by atoms with Crippen molar-refractivity contribution >= 4 is 27.7 Å². The number of hydrogen-bond acceptors (Lipinski definition) is 3. The smallest absolute Gasteiger partial charge is 0.247 e. The minimum absolute atomic E-state index is 0.0162. The zero-order valence-electron chi connectivity index (χ0n) is 14.3. The van der Waals surface area contributed by atoms with Crippen LogP contribution in [0.2, 0.25) is 0 Å². The van der Waals surface area contributed by atoms with Crippen molar-refractivity contribution < 1.29 is 9.59 Å². The number of rotatable bonds is 5. The highest BCUT2D eigenvalue weighted by molar-refractivity contribution is 9.10. The molecule has 2 rings (SSSR count). The first-order valence-corrected chi connectivity index (χ1v) is 9.27. The number of nitrogens with zero attached hydrogens (tertiary/aromatic N) is 1. The predicted octanol–water partition coefficient (Wildman–Crippen LogP) is 2.53. The fraction of sp³-hybridized carbons (Fsp3) is 0.556. The summed E-state index contributed by atoms with van der Waals surface area (Å²) in [6, 6.07) is 7.52. The SMILES string of the molecule is CCCC(=O)NC1CCCN(C(=O)C(C)(N)c2ccc(Br)cc2)C1. The van der Waals surface area contributed by atoms with Crippen molar-refractivity contribution in [1.29, 1.82) is 0 Å². The van der Waals surface area contributed by atoms with Crippen molar-refractivity contribution in [1.82, 2.24) is 10.2 Å². The van der Waals surface area contributed by atoms with Crippen LogP contribution < -0.4 is 11.1 Å². The van der Waals surface area contributed by atoms with Crippen molar-refractivity contribution in [3.63, 3.8) is 0 Å². The van der Waals surface area contributed by atoms with Crippen LogP contribution >= 0.6 is 15.9 Å². The Hall–Kier alpha value is -1.40. The largest absolute Gasteiger partial charge is 0.352 e. The summed E-state index contributed by atoms with van der Waals surface area (Å²) in [5, 5.41) is 3.02. The van der Waals surface area contributed by atoms with Gasteiger partial charge in [-0.1, -0.05) is 35.0 Å². The Morgan fingerprint density at radius 2 is 2.04 bits per heavy atom. The van der Waals surface area contributed by atoms with E-state index in [0.29, 0.717) is 19.5 Å². The van der Waals surface area contributed by atoms with Gasteiger partial charge in [-0.2, -0.15) is 0 Å². The van der Waals surface area contributed by atoms with Gasteiger partial charge in [0.05, 0.1) is 0 Å². The van der Waals surface area contributed by atoms with E-state index in [1.165, 1.54) is 0 Å². The number of benzene rings is 1. The molecule has 5 nitrogen and oxygen atoms in total. The highest BCUT2D eigenvalue weighted by Crippen LogP contribution is 2.24. The van der Waals surface area contributed by atoms with Gasteiger partial charge in [-0.05, 0) is 43.9 Å². The van der Waals surface area contributed by atoms with E-state index in [-0.39, 0.29) is 17.9 Å². The lowest BCUT2D eigenvalue weighted by atomic mass is 9.90. The molecule has 0 aliphatic carbocycles. The van der Waals surface area contributed by atoms with Gasteiger partial charge in [-0.3, -0.25) is 9.59 Å². The maximum atomic E-state index is 12.9. The first-order chi connectivity index (χ1) is 11.3. The Morgan fingerprint density at radius 1 is 1.38 bits per heavy atom. The third kappa shape index (κ3) is 4.57. The molecule has 1 aromatic rings. The monoisotopic (exact) mass is 395 g/mol. The highest BCUT2D eigenvalue weighted by atomic mass is 79.9. The lowest BCUT2D eigenvalue weighted by Crippen LogP contribution is -2.56. The summed E-state index contributed by atoms with van der Waals surface area (Å²) >= 11 is 3.39. The van der Waals surface area contributed by atoms with Crippen molar-refractivity contribution in [2.45, 2.75) is 51.1 Å². The van der Waals surface area contributed by atoms with E-state index in [0.717, 1.165) is 29.3 Å². The number of likely N-dealkylation sites (tertiary alicyclic amines) is 1. The summed E-state index contributed by atoms with van der Waals surface area (Å²) < 4.78 is 0.950. The Labute approximate surface area is 152 Å². The second-order valence-corrected chi connectivity index (χ2v) is 7.53. The first kappa shape index (κ1) is 18.9. The van der Waals surface area contributed by atoms with E-state index >= 15 is 0 Å². The third-order valence-electron chi connectivity index (χ3n) is 4.44. The average Bonchev–Trinajstić information content (AvgIpc) is 2.55. The van der Waals surface area contributed by atoms with E-state index in [2.05, 4.69) is 21.2 Å². The summed E-state index contributed by atoms with van der Waals surface area (Å²) in [4.78, 5) is 26.5. The van der Waals surface area contributed by atoms with Crippen LogP contribution in [0.5, 0.6) is 0 Å². The lowest BCUT2D eigenvalue weighted by molar-refractivity contribution is -0.138. The summed E-state index contributed by atoms with van der Waals surface area (Å²) in [6.07, 6.45) is 3.13. The number of nitrogens with one attached hydrogen (secondary N) is 1. The molecule has 1 fully saturated rings. The van der Waals surface area contributed by atoms with Crippen molar-refractivity contribution in [3.05, 3.63) is 34.3 Å². The van der Waals surface area contributed by atoms with Gasteiger partial charge in [0.1, 0.15) is 5.54 Å². The van der Waals surface area contributed by atoms with Crippen molar-refractivity contribution in [2.75, 3.05) is 13.1 Å². The number of halogens is 1. The average molecular weight is 396 g/mol. The zero-order valence-corrected chi connectivity index (χ0v) is 15.9. The highest BCUT2D eigenvalue weighted by Gasteiger charge is 2.36. The predicted molar refractivity (Wildman–Crippen MR) is 98.3 cm³/mol. The molecule has 132 valence electrons. The Balaban J connectivity index is 2.05. The third-order valence-corrected chi connectivity index (χ3v) is 4.97. The summed E-state index contributed by atoms with van der Waals surface area (Å²) in [6.45, 7) is 4.94. The molecule has 1 aliphatic rings. The molecule has 1 aromatic carbocycles. The molecular formula is C18H26BrN3O2. The van der Waals surface area contributed by atoms with Gasteiger partial charge in [0.25, 0.3) is 0 Å². The topological polar surface area (TPSA) is 75.4 Å². The maximum absolute atomic E-state index is 12.9. The molecule has 6 heteroatoms. The molecule has 0 aromatic heterocycles. The molecule has 2 amide bonds. The molecule has 0 saturated carbocycles. The first-order valence-electron chi connectivity index (χ1n) is 8.48. The van der Waals surface area contributed by atoms with E-state index in [1.807, 2.05) is 31.2 Å². The van der Waals surface area contributed by atoms with Gasteiger partial charge < -0.3 is 16.0 Å². The second kappa shape index (κ2) is 8.12. The van der Waals surface area contributed by atoms with Crippen molar-refractivity contribution in [3.8, 4) is 0 Å². The van der Waals surface area contributed by atoms with Crippen LogP contribution in [0, 0.1) is 0 Å². The molecule has 1 heterocycles. The van der Waals surface area contributed by atoms with Gasteiger partial charge in [0.2, 0.25) is 11.8 Å². The molecule has 2 unspecified atom stereocenters. The van der Waals surface area contributed by atoms with Gasteiger partial charge in [0, 0.05) is 30.0 Å². The second-order valence-electron chi connectivity index (χ2n) is 6.62. The molecule has 2 atom stereocenters. The van der Waals surface area contributed by atoms with E-state index in [4.69, 9.17) is 5.73 Å². The number of carbonyl (C=O) groups excluding carboxylic acids is 2. The van der Waals surface area contributed by atoms with Crippen LogP contribution in [0.4, 0.5) is 0 Å².